The number of aromatic nitrogens is 3. The SMILES string of the molecule is CCNC(=NCc1nc(C)c(C)o1)NCC(c1cnn(C)c1)N(C)C. The lowest BCUT2D eigenvalue weighted by Gasteiger charge is -2.24. The van der Waals surface area contributed by atoms with E-state index >= 15 is 0 Å². The van der Waals surface area contributed by atoms with Crippen molar-refractivity contribution < 1.29 is 4.42 Å². The first-order valence-electron chi connectivity index (χ1n) is 8.50. The van der Waals surface area contributed by atoms with Crippen LogP contribution in [0.1, 0.15) is 35.9 Å². The third-order valence-electron chi connectivity index (χ3n) is 3.99. The van der Waals surface area contributed by atoms with Crippen molar-refractivity contribution in [3.63, 3.8) is 0 Å². The Morgan fingerprint density at radius 1 is 1.36 bits per heavy atom. The van der Waals surface area contributed by atoms with Gasteiger partial charge < -0.3 is 20.0 Å². The number of aryl methyl sites for hydroxylation is 3. The lowest BCUT2D eigenvalue weighted by Crippen LogP contribution is -2.41. The molecule has 8 nitrogen and oxygen atoms in total. The van der Waals surface area contributed by atoms with Gasteiger partial charge in [0.2, 0.25) is 5.89 Å². The van der Waals surface area contributed by atoms with Gasteiger partial charge in [0.15, 0.2) is 5.96 Å². The van der Waals surface area contributed by atoms with Crippen molar-refractivity contribution in [2.24, 2.45) is 12.0 Å². The highest BCUT2D eigenvalue weighted by Crippen LogP contribution is 2.16. The van der Waals surface area contributed by atoms with Crippen LogP contribution in [-0.4, -0.2) is 52.8 Å². The molecule has 2 rings (SSSR count). The maximum absolute atomic E-state index is 5.59. The second-order valence-corrected chi connectivity index (χ2v) is 6.25. The molecule has 2 heterocycles. The van der Waals surface area contributed by atoms with Gasteiger partial charge in [0.05, 0.1) is 17.9 Å². The van der Waals surface area contributed by atoms with Gasteiger partial charge in [0, 0.05) is 31.9 Å². The Kier molecular flexibility index (Phi) is 6.58. The minimum Gasteiger partial charge on any atom is -0.444 e. The standard InChI is InChI=1S/C17H29N7O/c1-7-18-17(20-10-16-22-12(2)13(3)25-16)19-9-15(23(4)5)14-8-21-24(6)11-14/h8,11,15H,7,9-10H2,1-6H3,(H2,18,19,20). The molecule has 1 atom stereocenters. The molecular weight excluding hydrogens is 318 g/mol. The number of rotatable bonds is 7. The number of nitrogens with one attached hydrogen (secondary N) is 2. The Balaban J connectivity index is 2.02. The summed E-state index contributed by atoms with van der Waals surface area (Å²) in [4.78, 5) is 11.1. The summed E-state index contributed by atoms with van der Waals surface area (Å²) in [6.45, 7) is 7.80. The highest BCUT2D eigenvalue weighted by Gasteiger charge is 2.16. The molecule has 8 heteroatoms. The molecule has 0 aliphatic heterocycles. The van der Waals surface area contributed by atoms with Crippen molar-refractivity contribution >= 4 is 5.96 Å². The van der Waals surface area contributed by atoms with Gasteiger partial charge >= 0.3 is 0 Å². The van der Waals surface area contributed by atoms with E-state index in [0.29, 0.717) is 19.0 Å². The molecule has 0 aliphatic carbocycles. The van der Waals surface area contributed by atoms with E-state index in [4.69, 9.17) is 4.42 Å². The third-order valence-corrected chi connectivity index (χ3v) is 3.99. The topological polar surface area (TPSA) is 83.5 Å². The van der Waals surface area contributed by atoms with Crippen LogP contribution in [0.4, 0.5) is 0 Å². The Labute approximate surface area is 149 Å². The Hall–Kier alpha value is -2.35. The molecule has 0 bridgehead atoms. The fraction of sp³-hybridized carbons (Fsp3) is 0.588. The number of hydrogen-bond donors (Lipinski definition) is 2. The molecule has 2 aromatic heterocycles. The van der Waals surface area contributed by atoms with Crippen LogP contribution in [0.2, 0.25) is 0 Å². The van der Waals surface area contributed by atoms with Crippen LogP contribution < -0.4 is 10.6 Å². The third kappa shape index (κ3) is 5.32. The highest BCUT2D eigenvalue weighted by molar-refractivity contribution is 5.79. The molecular formula is C17H29N7O. The fourth-order valence-electron chi connectivity index (χ4n) is 2.50. The smallest absolute Gasteiger partial charge is 0.216 e. The first kappa shape index (κ1) is 19.0. The summed E-state index contributed by atoms with van der Waals surface area (Å²) >= 11 is 0. The predicted octanol–water partition coefficient (Wildman–Crippen LogP) is 1.38. The molecule has 1 unspecified atom stereocenters. The molecule has 0 fully saturated rings. The Bertz CT molecular complexity index is 682. The number of oxazole rings is 1. The van der Waals surface area contributed by atoms with Crippen LogP contribution in [0.5, 0.6) is 0 Å². The van der Waals surface area contributed by atoms with Crippen molar-refractivity contribution in [3.8, 4) is 0 Å². The number of likely N-dealkylation sites (N-methyl/N-ethyl adjacent to an activating group) is 1. The van der Waals surface area contributed by atoms with Crippen molar-refractivity contribution in [3.05, 3.63) is 35.3 Å². The minimum absolute atomic E-state index is 0.198. The second-order valence-electron chi connectivity index (χ2n) is 6.25. The lowest BCUT2D eigenvalue weighted by atomic mass is 10.1. The van der Waals surface area contributed by atoms with Gasteiger partial charge in [-0.25, -0.2) is 9.98 Å². The zero-order valence-corrected chi connectivity index (χ0v) is 16.0. The summed E-state index contributed by atoms with van der Waals surface area (Å²) in [6.07, 6.45) is 3.93. The van der Waals surface area contributed by atoms with E-state index in [0.717, 1.165) is 29.5 Å². The van der Waals surface area contributed by atoms with E-state index in [-0.39, 0.29) is 6.04 Å². The monoisotopic (exact) mass is 347 g/mol. The minimum atomic E-state index is 0.198. The largest absolute Gasteiger partial charge is 0.444 e. The highest BCUT2D eigenvalue weighted by atomic mass is 16.4. The van der Waals surface area contributed by atoms with E-state index in [1.807, 2.05) is 44.9 Å². The molecule has 2 N–H and O–H groups in total. The van der Waals surface area contributed by atoms with Crippen LogP contribution in [0.3, 0.4) is 0 Å². The first-order chi connectivity index (χ1) is 11.9. The van der Waals surface area contributed by atoms with Crippen molar-refractivity contribution in [1.82, 2.24) is 30.3 Å². The quantitative estimate of drug-likeness (QED) is 0.582. The van der Waals surface area contributed by atoms with Crippen LogP contribution >= 0.6 is 0 Å². The number of nitrogens with zero attached hydrogens (tertiary/aromatic N) is 5. The van der Waals surface area contributed by atoms with Crippen LogP contribution in [-0.2, 0) is 13.6 Å². The summed E-state index contributed by atoms with van der Waals surface area (Å²) in [5, 5.41) is 10.9. The van der Waals surface area contributed by atoms with Gasteiger partial charge in [-0.3, -0.25) is 4.68 Å². The van der Waals surface area contributed by atoms with E-state index in [9.17, 15) is 0 Å². The van der Waals surface area contributed by atoms with Crippen molar-refractivity contribution in [1.29, 1.82) is 0 Å². The second kappa shape index (κ2) is 8.66. The van der Waals surface area contributed by atoms with Gasteiger partial charge in [-0.15, -0.1) is 0 Å². The van der Waals surface area contributed by atoms with Crippen LogP contribution in [0.15, 0.2) is 21.8 Å². The molecule has 0 spiro atoms. The maximum atomic E-state index is 5.59. The average Bonchev–Trinajstić information content (AvgIpc) is 3.11. The van der Waals surface area contributed by atoms with E-state index in [1.54, 1.807) is 0 Å². The molecule has 0 saturated carbocycles. The molecule has 2 aromatic rings. The zero-order valence-electron chi connectivity index (χ0n) is 16.0. The Morgan fingerprint density at radius 3 is 2.64 bits per heavy atom. The first-order valence-corrected chi connectivity index (χ1v) is 8.50. The molecule has 138 valence electrons. The van der Waals surface area contributed by atoms with Crippen LogP contribution in [0, 0.1) is 13.8 Å². The molecule has 0 aromatic carbocycles. The van der Waals surface area contributed by atoms with Crippen molar-refractivity contribution in [2.45, 2.75) is 33.4 Å². The molecule has 0 radical (unpaired) electrons. The van der Waals surface area contributed by atoms with E-state index in [1.165, 1.54) is 0 Å². The summed E-state index contributed by atoms with van der Waals surface area (Å²) < 4.78 is 7.40. The fourth-order valence-corrected chi connectivity index (χ4v) is 2.50. The normalized spacial score (nSPS) is 13.3. The van der Waals surface area contributed by atoms with Gasteiger partial charge in [-0.1, -0.05) is 0 Å². The summed E-state index contributed by atoms with van der Waals surface area (Å²) in [7, 11) is 6.04. The summed E-state index contributed by atoms with van der Waals surface area (Å²) in [5.41, 5.74) is 2.07. The summed E-state index contributed by atoms with van der Waals surface area (Å²) in [5.74, 6) is 2.21. The van der Waals surface area contributed by atoms with Gasteiger partial charge in [0.1, 0.15) is 12.3 Å². The molecule has 0 amide bonds. The van der Waals surface area contributed by atoms with Gasteiger partial charge in [0.25, 0.3) is 0 Å². The lowest BCUT2D eigenvalue weighted by molar-refractivity contribution is 0.298. The number of hydrogen-bond acceptors (Lipinski definition) is 5. The summed E-state index contributed by atoms with van der Waals surface area (Å²) in [6, 6.07) is 0.198. The van der Waals surface area contributed by atoms with E-state index < -0.39 is 0 Å². The molecule has 0 saturated heterocycles. The number of aliphatic imine (C=N–C) groups is 1. The molecule has 25 heavy (non-hydrogen) atoms. The van der Waals surface area contributed by atoms with Crippen molar-refractivity contribution in [2.75, 3.05) is 27.2 Å². The van der Waals surface area contributed by atoms with E-state index in [2.05, 4.69) is 44.7 Å². The zero-order chi connectivity index (χ0) is 18.4. The molecule has 0 aliphatic rings. The van der Waals surface area contributed by atoms with Crippen LogP contribution in [0.25, 0.3) is 0 Å². The predicted molar refractivity (Wildman–Crippen MR) is 98.4 cm³/mol. The Morgan fingerprint density at radius 2 is 2.12 bits per heavy atom. The average molecular weight is 347 g/mol. The van der Waals surface area contributed by atoms with Gasteiger partial charge in [-0.05, 0) is 34.9 Å². The maximum Gasteiger partial charge on any atom is 0.216 e. The van der Waals surface area contributed by atoms with Gasteiger partial charge in [-0.2, -0.15) is 5.10 Å². The number of guanidine groups is 1.